The van der Waals surface area contributed by atoms with Crippen LogP contribution in [-0.4, -0.2) is 28.4 Å². The molecule has 2 aromatic carbocycles. The third kappa shape index (κ3) is 4.13. The van der Waals surface area contributed by atoms with E-state index in [1.54, 1.807) is 26.0 Å². The number of alkyl halides is 4. The largest absolute Gasteiger partial charge is 0.426 e. The number of nitrogens with zero attached hydrogens (tertiary/aromatic N) is 3. The molecule has 32 heavy (non-hydrogen) atoms. The molecular formula is C21H15ClF3N3O3S. The van der Waals surface area contributed by atoms with Crippen molar-refractivity contribution >= 4 is 57.9 Å². The summed E-state index contributed by atoms with van der Waals surface area (Å²) < 4.78 is 45.2. The van der Waals surface area contributed by atoms with Crippen LogP contribution in [0.4, 0.5) is 30.2 Å². The van der Waals surface area contributed by atoms with Gasteiger partial charge < -0.3 is 9.64 Å². The van der Waals surface area contributed by atoms with Gasteiger partial charge in [-0.15, -0.1) is 11.6 Å². The van der Waals surface area contributed by atoms with Crippen molar-refractivity contribution in [3.8, 4) is 5.75 Å². The minimum Gasteiger partial charge on any atom is -0.426 e. The Morgan fingerprint density at radius 3 is 2.31 bits per heavy atom. The summed E-state index contributed by atoms with van der Waals surface area (Å²) in [7, 11) is 0. The van der Waals surface area contributed by atoms with Crippen LogP contribution in [0.3, 0.4) is 0 Å². The van der Waals surface area contributed by atoms with Crippen molar-refractivity contribution < 1.29 is 27.5 Å². The smallest absolute Gasteiger partial charge is 0.407 e. The number of benzene rings is 2. The maximum atomic E-state index is 13.4. The summed E-state index contributed by atoms with van der Waals surface area (Å²) in [5.74, 6) is -1.26. The summed E-state index contributed by atoms with van der Waals surface area (Å²) in [5, 5.41) is -0.0332. The van der Waals surface area contributed by atoms with Gasteiger partial charge in [0, 0.05) is 11.4 Å². The Hall–Kier alpha value is -3.16. The van der Waals surface area contributed by atoms with Crippen LogP contribution in [0.15, 0.2) is 42.5 Å². The summed E-state index contributed by atoms with van der Waals surface area (Å²) in [6, 6.07) is 9.09. The first kappa shape index (κ1) is 23.5. The van der Waals surface area contributed by atoms with Gasteiger partial charge in [-0.3, -0.25) is 14.5 Å². The van der Waals surface area contributed by atoms with Gasteiger partial charge in [-0.1, -0.05) is 6.07 Å². The molecule has 3 rings (SSSR count). The minimum absolute atomic E-state index is 0.0332. The van der Waals surface area contributed by atoms with Gasteiger partial charge in [0.05, 0.1) is 12.1 Å². The van der Waals surface area contributed by atoms with Crippen LogP contribution >= 0.6 is 23.8 Å². The second-order valence-corrected chi connectivity index (χ2v) is 7.86. The highest BCUT2D eigenvalue weighted by Gasteiger charge is 2.50. The molecule has 1 fully saturated rings. The number of rotatable bonds is 4. The zero-order valence-corrected chi connectivity index (χ0v) is 18.3. The topological polar surface area (TPSA) is 54.2 Å². The van der Waals surface area contributed by atoms with E-state index in [9.17, 15) is 22.8 Å². The highest BCUT2D eigenvalue weighted by Crippen LogP contribution is 2.42. The molecule has 0 unspecified atom stereocenters. The molecule has 166 valence electrons. The zero-order chi connectivity index (χ0) is 23.8. The number of hydrogen-bond donors (Lipinski definition) is 0. The Morgan fingerprint density at radius 2 is 1.78 bits per heavy atom. The summed E-state index contributed by atoms with van der Waals surface area (Å²) >= 11 is 10.9. The fourth-order valence-corrected chi connectivity index (χ4v) is 3.84. The van der Waals surface area contributed by atoms with Crippen molar-refractivity contribution in [3.05, 3.63) is 59.4 Å². The van der Waals surface area contributed by atoms with E-state index in [-0.39, 0.29) is 22.4 Å². The summed E-state index contributed by atoms with van der Waals surface area (Å²) in [5.41, 5.74) is -2.57. The van der Waals surface area contributed by atoms with Crippen LogP contribution in [0.2, 0.25) is 0 Å². The molecule has 11 heteroatoms. The molecule has 2 aromatic rings. The van der Waals surface area contributed by atoms with Gasteiger partial charge in [-0.2, -0.15) is 13.2 Å². The molecular weight excluding hydrogens is 467 g/mol. The van der Waals surface area contributed by atoms with E-state index in [1.165, 1.54) is 23.1 Å². The van der Waals surface area contributed by atoms with E-state index in [1.807, 2.05) is 0 Å². The average molecular weight is 482 g/mol. The molecule has 1 aliphatic heterocycles. The molecule has 1 heterocycles. The van der Waals surface area contributed by atoms with Gasteiger partial charge >= 0.3 is 12.1 Å². The highest BCUT2D eigenvalue weighted by molar-refractivity contribution is 7.81. The lowest BCUT2D eigenvalue weighted by molar-refractivity contribution is -0.137. The Bertz CT molecular complexity index is 1140. The second kappa shape index (κ2) is 8.41. The molecule has 1 amide bonds. The number of ether oxygens (including phenoxy) is 1. The number of carbonyl (C=O) groups is 2. The predicted octanol–water partition coefficient (Wildman–Crippen LogP) is 5.32. The molecule has 0 atom stereocenters. The molecule has 0 aromatic heterocycles. The van der Waals surface area contributed by atoms with Crippen LogP contribution in [0.25, 0.3) is 4.85 Å². The van der Waals surface area contributed by atoms with Crippen LogP contribution < -0.4 is 14.5 Å². The number of halogens is 4. The van der Waals surface area contributed by atoms with E-state index in [0.717, 1.165) is 17.0 Å². The molecule has 0 bridgehead atoms. The Morgan fingerprint density at radius 1 is 1.19 bits per heavy atom. The molecule has 1 saturated heterocycles. The summed E-state index contributed by atoms with van der Waals surface area (Å²) in [6.07, 6.45) is -4.77. The van der Waals surface area contributed by atoms with E-state index < -0.39 is 34.8 Å². The lowest BCUT2D eigenvalue weighted by Crippen LogP contribution is -2.44. The number of hydrogen-bond acceptors (Lipinski definition) is 4. The number of anilines is 2. The third-order valence-corrected chi connectivity index (χ3v) is 5.35. The van der Waals surface area contributed by atoms with Crippen LogP contribution in [0.5, 0.6) is 5.75 Å². The Labute approximate surface area is 191 Å². The van der Waals surface area contributed by atoms with Crippen LogP contribution in [0, 0.1) is 6.57 Å². The quantitative estimate of drug-likeness (QED) is 0.194. The van der Waals surface area contributed by atoms with Gasteiger partial charge in [-0.25, -0.2) is 4.85 Å². The van der Waals surface area contributed by atoms with E-state index in [2.05, 4.69) is 4.85 Å². The van der Waals surface area contributed by atoms with Gasteiger partial charge in [0.2, 0.25) is 0 Å². The first-order valence-electron chi connectivity index (χ1n) is 9.06. The second-order valence-electron chi connectivity index (χ2n) is 7.23. The highest BCUT2D eigenvalue weighted by atomic mass is 35.5. The van der Waals surface area contributed by atoms with Crippen LogP contribution in [0.1, 0.15) is 19.4 Å². The number of esters is 1. The van der Waals surface area contributed by atoms with Crippen molar-refractivity contribution in [1.82, 2.24) is 0 Å². The van der Waals surface area contributed by atoms with E-state index in [0.29, 0.717) is 5.69 Å². The van der Waals surface area contributed by atoms with Crippen molar-refractivity contribution in [2.45, 2.75) is 25.6 Å². The van der Waals surface area contributed by atoms with Gasteiger partial charge in [-0.05, 0) is 62.5 Å². The SMILES string of the molecule is [C-]#[N+]c1ccc(N2C(=O)C(C)(C)N(c3ccc(OC(=O)CCl)cc3)C2=S)cc1C(F)(F)F. The van der Waals surface area contributed by atoms with E-state index in [4.69, 9.17) is 35.1 Å². The normalized spacial score (nSPS) is 15.7. The fraction of sp³-hybridized carbons (Fsp3) is 0.238. The first-order chi connectivity index (χ1) is 14.9. The molecule has 0 aliphatic carbocycles. The monoisotopic (exact) mass is 481 g/mol. The van der Waals surface area contributed by atoms with Crippen LogP contribution in [-0.2, 0) is 15.8 Å². The van der Waals surface area contributed by atoms with Crippen molar-refractivity contribution in [3.63, 3.8) is 0 Å². The lowest BCUT2D eigenvalue weighted by atomic mass is 10.0. The fourth-order valence-electron chi connectivity index (χ4n) is 3.27. The predicted molar refractivity (Wildman–Crippen MR) is 117 cm³/mol. The first-order valence-corrected chi connectivity index (χ1v) is 10.00. The van der Waals surface area contributed by atoms with E-state index >= 15 is 0 Å². The van der Waals surface area contributed by atoms with Crippen molar-refractivity contribution in [1.29, 1.82) is 0 Å². The molecule has 0 N–H and O–H groups in total. The van der Waals surface area contributed by atoms with Gasteiger partial charge in [0.1, 0.15) is 17.2 Å². The zero-order valence-electron chi connectivity index (χ0n) is 16.7. The molecule has 0 spiro atoms. The van der Waals surface area contributed by atoms with Crippen molar-refractivity contribution in [2.24, 2.45) is 0 Å². The Balaban J connectivity index is 2.01. The Kier molecular flexibility index (Phi) is 6.18. The third-order valence-electron chi connectivity index (χ3n) is 4.77. The van der Waals surface area contributed by atoms with Crippen molar-refractivity contribution in [2.75, 3.05) is 15.7 Å². The standard InChI is InChI=1S/C21H15ClF3N3O3S/c1-20(2)18(30)27(13-6-9-16(26-3)15(10-13)21(23,24)25)19(32)28(20)12-4-7-14(8-5-12)31-17(29)11-22/h4-10H,11H2,1-2H3. The van der Waals surface area contributed by atoms with Gasteiger partial charge in [0.15, 0.2) is 10.8 Å². The molecule has 0 saturated carbocycles. The lowest BCUT2D eigenvalue weighted by Gasteiger charge is -2.29. The average Bonchev–Trinajstić information content (AvgIpc) is 2.91. The number of amides is 1. The van der Waals surface area contributed by atoms with Gasteiger partial charge in [0.25, 0.3) is 5.91 Å². The molecule has 0 radical (unpaired) electrons. The minimum atomic E-state index is -4.77. The number of thiocarbonyl (C=S) groups is 1. The summed E-state index contributed by atoms with van der Waals surface area (Å²) in [4.78, 5) is 29.9. The maximum Gasteiger partial charge on any atom is 0.407 e. The maximum absolute atomic E-state index is 13.4. The summed E-state index contributed by atoms with van der Waals surface area (Å²) in [6.45, 7) is 10.1. The molecule has 1 aliphatic rings. The molecule has 6 nitrogen and oxygen atoms in total. The number of carbonyl (C=O) groups excluding carboxylic acids is 2.